The van der Waals surface area contributed by atoms with E-state index in [1.54, 1.807) is 30.3 Å². The Labute approximate surface area is 119 Å². The molecule has 1 N–H and O–H groups in total. The first-order valence-electron chi connectivity index (χ1n) is 5.46. The van der Waals surface area contributed by atoms with Crippen LogP contribution in [0, 0.1) is 5.82 Å². The molecular formula is C13H11BrFNO2S. The Kier molecular flexibility index (Phi) is 4.21. The van der Waals surface area contributed by atoms with E-state index in [2.05, 4.69) is 20.7 Å². The summed E-state index contributed by atoms with van der Waals surface area (Å²) in [6, 6.07) is 12.8. The van der Waals surface area contributed by atoms with Gasteiger partial charge in [0.1, 0.15) is 5.82 Å². The first-order chi connectivity index (χ1) is 8.96. The van der Waals surface area contributed by atoms with Crippen molar-refractivity contribution >= 4 is 31.6 Å². The Morgan fingerprint density at radius 1 is 1.11 bits per heavy atom. The third-order valence-electron chi connectivity index (χ3n) is 2.39. The average molecular weight is 344 g/mol. The molecule has 0 aliphatic carbocycles. The van der Waals surface area contributed by atoms with Gasteiger partial charge < -0.3 is 0 Å². The number of rotatable bonds is 4. The molecule has 2 aromatic carbocycles. The van der Waals surface area contributed by atoms with Gasteiger partial charge in [-0.15, -0.1) is 0 Å². The molecule has 0 bridgehead atoms. The molecule has 0 saturated carbocycles. The highest BCUT2D eigenvalue weighted by molar-refractivity contribution is 9.10. The molecule has 0 saturated heterocycles. The van der Waals surface area contributed by atoms with Crippen LogP contribution in [0.4, 0.5) is 10.1 Å². The Morgan fingerprint density at radius 3 is 2.47 bits per heavy atom. The molecule has 2 rings (SSSR count). The molecule has 3 nitrogen and oxygen atoms in total. The fourth-order valence-electron chi connectivity index (χ4n) is 1.57. The minimum absolute atomic E-state index is 0.0645. The molecule has 100 valence electrons. The van der Waals surface area contributed by atoms with Crippen molar-refractivity contribution in [1.29, 1.82) is 0 Å². The second kappa shape index (κ2) is 5.71. The summed E-state index contributed by atoms with van der Waals surface area (Å²) in [6.45, 7) is 0. The monoisotopic (exact) mass is 343 g/mol. The topological polar surface area (TPSA) is 46.2 Å². The van der Waals surface area contributed by atoms with E-state index in [0.29, 0.717) is 10.0 Å². The van der Waals surface area contributed by atoms with Gasteiger partial charge in [0.15, 0.2) is 0 Å². The molecule has 0 aliphatic heterocycles. The van der Waals surface area contributed by atoms with Crippen molar-refractivity contribution in [2.75, 3.05) is 4.72 Å². The Balaban J connectivity index is 2.20. The van der Waals surface area contributed by atoms with E-state index in [1.165, 1.54) is 18.2 Å². The van der Waals surface area contributed by atoms with Gasteiger partial charge in [-0.3, -0.25) is 4.72 Å². The van der Waals surface area contributed by atoms with Gasteiger partial charge >= 0.3 is 0 Å². The lowest BCUT2D eigenvalue weighted by Crippen LogP contribution is -2.16. The van der Waals surface area contributed by atoms with E-state index in [9.17, 15) is 12.8 Å². The maximum Gasteiger partial charge on any atom is 0.237 e. The molecular weight excluding hydrogens is 333 g/mol. The number of benzene rings is 2. The van der Waals surface area contributed by atoms with Crippen LogP contribution in [0.1, 0.15) is 5.56 Å². The fourth-order valence-corrected chi connectivity index (χ4v) is 3.13. The lowest BCUT2D eigenvalue weighted by Gasteiger charge is -2.09. The van der Waals surface area contributed by atoms with Crippen LogP contribution in [-0.2, 0) is 15.8 Å². The van der Waals surface area contributed by atoms with Gasteiger partial charge in [0, 0.05) is 4.47 Å². The van der Waals surface area contributed by atoms with Gasteiger partial charge in [-0.2, -0.15) is 0 Å². The lowest BCUT2D eigenvalue weighted by atomic mass is 10.2. The largest absolute Gasteiger partial charge is 0.280 e. The smallest absolute Gasteiger partial charge is 0.237 e. The number of hydrogen-bond donors (Lipinski definition) is 1. The third-order valence-corrected chi connectivity index (χ3v) is 4.13. The molecule has 0 fully saturated rings. The van der Waals surface area contributed by atoms with Crippen molar-refractivity contribution in [3.05, 3.63) is 64.4 Å². The summed E-state index contributed by atoms with van der Waals surface area (Å²) >= 11 is 3.17. The number of halogens is 2. The summed E-state index contributed by atoms with van der Waals surface area (Å²) in [7, 11) is -3.64. The molecule has 0 heterocycles. The van der Waals surface area contributed by atoms with E-state index < -0.39 is 15.8 Å². The highest BCUT2D eigenvalue weighted by Gasteiger charge is 2.14. The predicted octanol–water partition coefficient (Wildman–Crippen LogP) is 3.53. The maximum absolute atomic E-state index is 13.5. The predicted molar refractivity (Wildman–Crippen MR) is 76.8 cm³/mol. The van der Waals surface area contributed by atoms with Crippen LogP contribution in [0.15, 0.2) is 53.0 Å². The first kappa shape index (κ1) is 14.0. The van der Waals surface area contributed by atoms with E-state index in [1.807, 2.05) is 0 Å². The number of hydrogen-bond acceptors (Lipinski definition) is 2. The van der Waals surface area contributed by atoms with Crippen molar-refractivity contribution < 1.29 is 12.8 Å². The normalized spacial score (nSPS) is 11.3. The zero-order chi connectivity index (χ0) is 13.9. The number of sulfonamides is 1. The number of anilines is 1. The minimum atomic E-state index is -3.64. The fraction of sp³-hybridized carbons (Fsp3) is 0.0769. The van der Waals surface area contributed by atoms with E-state index >= 15 is 0 Å². The van der Waals surface area contributed by atoms with E-state index in [-0.39, 0.29) is 11.4 Å². The van der Waals surface area contributed by atoms with Gasteiger partial charge in [-0.25, -0.2) is 12.8 Å². The van der Waals surface area contributed by atoms with Gasteiger partial charge in [-0.1, -0.05) is 46.3 Å². The quantitative estimate of drug-likeness (QED) is 0.922. The van der Waals surface area contributed by atoms with E-state index in [0.717, 1.165) is 0 Å². The minimum Gasteiger partial charge on any atom is -0.280 e. The highest BCUT2D eigenvalue weighted by Crippen LogP contribution is 2.21. The Hall–Kier alpha value is -1.40. The van der Waals surface area contributed by atoms with Crippen LogP contribution in [-0.4, -0.2) is 8.42 Å². The third kappa shape index (κ3) is 4.04. The van der Waals surface area contributed by atoms with Crippen LogP contribution in [0.3, 0.4) is 0 Å². The lowest BCUT2D eigenvalue weighted by molar-refractivity contribution is 0.598. The molecule has 0 aromatic heterocycles. The van der Waals surface area contributed by atoms with Crippen molar-refractivity contribution in [2.45, 2.75) is 5.75 Å². The van der Waals surface area contributed by atoms with Crippen molar-refractivity contribution in [2.24, 2.45) is 0 Å². The van der Waals surface area contributed by atoms with Crippen LogP contribution in [0.2, 0.25) is 0 Å². The van der Waals surface area contributed by atoms with Crippen LogP contribution in [0.25, 0.3) is 0 Å². The van der Waals surface area contributed by atoms with Gasteiger partial charge in [-0.05, 0) is 23.8 Å². The summed E-state index contributed by atoms with van der Waals surface area (Å²) in [4.78, 5) is 0. The summed E-state index contributed by atoms with van der Waals surface area (Å²) < 4.78 is 40.2. The molecule has 2 aromatic rings. The molecule has 0 radical (unpaired) electrons. The molecule has 0 spiro atoms. The van der Waals surface area contributed by atoms with Crippen molar-refractivity contribution in [3.63, 3.8) is 0 Å². The molecule has 0 amide bonds. The number of nitrogens with one attached hydrogen (secondary N) is 1. The second-order valence-electron chi connectivity index (χ2n) is 3.97. The molecule has 0 unspecified atom stereocenters. The summed E-state index contributed by atoms with van der Waals surface area (Å²) in [5.41, 5.74) is 0.579. The van der Waals surface area contributed by atoms with Crippen molar-refractivity contribution in [1.82, 2.24) is 0 Å². The van der Waals surface area contributed by atoms with Crippen LogP contribution in [0.5, 0.6) is 0 Å². The molecule has 6 heteroatoms. The van der Waals surface area contributed by atoms with Crippen LogP contribution >= 0.6 is 15.9 Å². The van der Waals surface area contributed by atoms with E-state index in [4.69, 9.17) is 0 Å². The molecule has 0 aliphatic rings. The van der Waals surface area contributed by atoms with Gasteiger partial charge in [0.25, 0.3) is 0 Å². The van der Waals surface area contributed by atoms with Gasteiger partial charge in [0.05, 0.1) is 11.4 Å². The zero-order valence-electron chi connectivity index (χ0n) is 9.81. The maximum atomic E-state index is 13.5. The Bertz CT molecular complexity index is 674. The molecule has 19 heavy (non-hydrogen) atoms. The summed E-state index contributed by atoms with van der Waals surface area (Å²) in [5, 5.41) is 0. The Morgan fingerprint density at radius 2 is 1.79 bits per heavy atom. The summed E-state index contributed by atoms with van der Waals surface area (Å²) in [6.07, 6.45) is 0. The highest BCUT2D eigenvalue weighted by atomic mass is 79.9. The second-order valence-corrected chi connectivity index (χ2v) is 6.61. The first-order valence-corrected chi connectivity index (χ1v) is 7.90. The molecule has 0 atom stereocenters. The van der Waals surface area contributed by atoms with Gasteiger partial charge in [0.2, 0.25) is 10.0 Å². The van der Waals surface area contributed by atoms with Crippen molar-refractivity contribution in [3.8, 4) is 0 Å². The van der Waals surface area contributed by atoms with Crippen LogP contribution < -0.4 is 4.72 Å². The SMILES string of the molecule is O=S(=O)(Cc1ccccc1)Nc1cc(Br)ccc1F. The average Bonchev–Trinajstić information content (AvgIpc) is 2.34. The standard InChI is InChI=1S/C13H11BrFNO2S/c14-11-6-7-12(15)13(8-11)16-19(17,18)9-10-4-2-1-3-5-10/h1-8,16H,9H2. The summed E-state index contributed by atoms with van der Waals surface area (Å²) in [5.74, 6) is -0.806. The zero-order valence-corrected chi connectivity index (χ0v) is 12.2.